The summed E-state index contributed by atoms with van der Waals surface area (Å²) in [6.07, 6.45) is 0.0460. The second kappa shape index (κ2) is 10.5. The summed E-state index contributed by atoms with van der Waals surface area (Å²) in [5, 5.41) is 14.4. The monoisotopic (exact) mass is 477 g/mol. The van der Waals surface area contributed by atoms with Crippen LogP contribution in [0.3, 0.4) is 0 Å². The first kappa shape index (κ1) is 27.2. The Morgan fingerprint density at radius 2 is 1.42 bits per heavy atom. The Morgan fingerprint density at radius 1 is 0.909 bits per heavy atom. The maximum atomic E-state index is 13.0. The molecular formula is C26H40NO5P. The van der Waals surface area contributed by atoms with Gasteiger partial charge < -0.3 is 24.2 Å². The lowest BCUT2D eigenvalue weighted by molar-refractivity contribution is 0.221. The summed E-state index contributed by atoms with van der Waals surface area (Å²) in [5.41, 5.74) is 3.82. The Bertz CT molecular complexity index is 960. The van der Waals surface area contributed by atoms with E-state index in [9.17, 15) is 9.67 Å². The third-order valence-corrected chi connectivity index (χ3v) is 7.23. The molecule has 0 fully saturated rings. The van der Waals surface area contributed by atoms with Crippen molar-refractivity contribution in [1.82, 2.24) is 0 Å². The van der Waals surface area contributed by atoms with Crippen molar-refractivity contribution in [3.8, 4) is 22.6 Å². The molecule has 184 valence electrons. The highest BCUT2D eigenvalue weighted by Gasteiger charge is 2.28. The van der Waals surface area contributed by atoms with E-state index in [0.717, 1.165) is 27.9 Å². The SMILES string of the molecule is CCOP(=O)(CNc1ccc(OC)cc1-c1cc(C(C)(C)C)c(O)c(C(C)(C)C)c1)OCC. The molecule has 0 aliphatic rings. The number of phenolic OH excluding ortho intramolecular Hbond substituents is 1. The number of anilines is 1. The van der Waals surface area contributed by atoms with Gasteiger partial charge in [0.25, 0.3) is 0 Å². The Hall–Kier alpha value is -2.01. The zero-order chi connectivity index (χ0) is 25.0. The molecule has 33 heavy (non-hydrogen) atoms. The minimum Gasteiger partial charge on any atom is -0.507 e. The van der Waals surface area contributed by atoms with E-state index in [1.807, 2.05) is 30.3 Å². The number of hydrogen-bond acceptors (Lipinski definition) is 6. The molecular weight excluding hydrogens is 437 g/mol. The highest BCUT2D eigenvalue weighted by Crippen LogP contribution is 2.49. The van der Waals surface area contributed by atoms with Crippen molar-refractivity contribution >= 4 is 13.3 Å². The smallest absolute Gasteiger partial charge is 0.349 e. The Labute approximate surface area is 199 Å². The number of benzene rings is 2. The van der Waals surface area contributed by atoms with Gasteiger partial charge in [-0.3, -0.25) is 4.57 Å². The molecule has 0 radical (unpaired) electrons. The quantitative estimate of drug-likeness (QED) is 0.369. The van der Waals surface area contributed by atoms with E-state index in [1.165, 1.54) is 0 Å². The van der Waals surface area contributed by atoms with Crippen molar-refractivity contribution in [3.05, 3.63) is 41.5 Å². The van der Waals surface area contributed by atoms with Crippen molar-refractivity contribution in [2.24, 2.45) is 0 Å². The lowest BCUT2D eigenvalue weighted by Gasteiger charge is -2.29. The Balaban J connectivity index is 2.67. The predicted molar refractivity (Wildman–Crippen MR) is 137 cm³/mol. The number of hydrogen-bond donors (Lipinski definition) is 2. The molecule has 2 N–H and O–H groups in total. The van der Waals surface area contributed by atoms with E-state index in [4.69, 9.17) is 13.8 Å². The van der Waals surface area contributed by atoms with Gasteiger partial charge in [-0.05, 0) is 60.6 Å². The molecule has 0 aromatic heterocycles. The molecule has 0 aliphatic carbocycles. The van der Waals surface area contributed by atoms with Crippen LogP contribution >= 0.6 is 7.60 Å². The topological polar surface area (TPSA) is 77.0 Å². The lowest BCUT2D eigenvalue weighted by atomic mass is 9.77. The van der Waals surface area contributed by atoms with Gasteiger partial charge in [-0.15, -0.1) is 0 Å². The van der Waals surface area contributed by atoms with Crippen molar-refractivity contribution < 1.29 is 23.5 Å². The van der Waals surface area contributed by atoms with E-state index >= 15 is 0 Å². The molecule has 6 nitrogen and oxygen atoms in total. The highest BCUT2D eigenvalue weighted by molar-refractivity contribution is 7.53. The number of nitrogens with one attached hydrogen (secondary N) is 1. The van der Waals surface area contributed by atoms with Gasteiger partial charge in [-0.1, -0.05) is 41.5 Å². The van der Waals surface area contributed by atoms with Crippen LogP contribution in [-0.4, -0.2) is 31.7 Å². The van der Waals surface area contributed by atoms with E-state index in [-0.39, 0.29) is 17.1 Å². The second-order valence-corrected chi connectivity index (χ2v) is 12.2. The predicted octanol–water partition coefficient (Wildman–Crippen LogP) is 7.30. The van der Waals surface area contributed by atoms with E-state index < -0.39 is 7.60 Å². The first-order valence-corrected chi connectivity index (χ1v) is 13.2. The van der Waals surface area contributed by atoms with Crippen LogP contribution < -0.4 is 10.1 Å². The fourth-order valence-corrected chi connectivity index (χ4v) is 5.09. The minimum atomic E-state index is -3.28. The molecule has 2 aromatic rings. The van der Waals surface area contributed by atoms with Crippen LogP contribution in [0.2, 0.25) is 0 Å². The van der Waals surface area contributed by atoms with Gasteiger partial charge >= 0.3 is 7.60 Å². The number of rotatable bonds is 9. The van der Waals surface area contributed by atoms with Gasteiger partial charge in [0.15, 0.2) is 0 Å². The summed E-state index contributed by atoms with van der Waals surface area (Å²) in [6.45, 7) is 16.7. The number of ether oxygens (including phenoxy) is 1. The summed E-state index contributed by atoms with van der Waals surface area (Å²) in [4.78, 5) is 0. The van der Waals surface area contributed by atoms with Crippen molar-refractivity contribution in [1.29, 1.82) is 0 Å². The third kappa shape index (κ3) is 6.75. The molecule has 7 heteroatoms. The largest absolute Gasteiger partial charge is 0.507 e. The van der Waals surface area contributed by atoms with Crippen LogP contribution in [0.15, 0.2) is 30.3 Å². The molecule has 0 amide bonds. The van der Waals surface area contributed by atoms with Crippen molar-refractivity contribution in [2.45, 2.75) is 66.2 Å². The van der Waals surface area contributed by atoms with E-state index in [2.05, 4.69) is 46.9 Å². The van der Waals surface area contributed by atoms with Crippen LogP contribution in [0.4, 0.5) is 5.69 Å². The van der Waals surface area contributed by atoms with Gasteiger partial charge in [0.1, 0.15) is 17.8 Å². The Morgan fingerprint density at radius 3 is 1.85 bits per heavy atom. The molecule has 0 heterocycles. The van der Waals surface area contributed by atoms with Gasteiger partial charge in [0.05, 0.1) is 20.3 Å². The maximum absolute atomic E-state index is 13.0. The van der Waals surface area contributed by atoms with Gasteiger partial charge in [-0.2, -0.15) is 0 Å². The number of methoxy groups -OCH3 is 1. The van der Waals surface area contributed by atoms with Crippen LogP contribution in [0.1, 0.15) is 66.5 Å². The molecule has 0 saturated carbocycles. The maximum Gasteiger partial charge on any atom is 0.349 e. The van der Waals surface area contributed by atoms with Crippen LogP contribution in [0.25, 0.3) is 11.1 Å². The van der Waals surface area contributed by atoms with Gasteiger partial charge in [-0.25, -0.2) is 0 Å². The number of aromatic hydroxyl groups is 1. The number of phenols is 1. The first-order valence-electron chi connectivity index (χ1n) is 11.4. The molecule has 0 aliphatic heterocycles. The normalized spacial score (nSPS) is 12.6. The average Bonchev–Trinajstić information content (AvgIpc) is 2.71. The van der Waals surface area contributed by atoms with Crippen LogP contribution in [0, 0.1) is 0 Å². The molecule has 0 saturated heterocycles. The van der Waals surface area contributed by atoms with E-state index in [1.54, 1.807) is 21.0 Å². The first-order chi connectivity index (χ1) is 15.3. The lowest BCUT2D eigenvalue weighted by Crippen LogP contribution is -2.17. The Kier molecular flexibility index (Phi) is 8.67. The fraction of sp³-hybridized carbons (Fsp3) is 0.538. The summed E-state index contributed by atoms with van der Waals surface area (Å²) in [5.74, 6) is 1.03. The molecule has 0 bridgehead atoms. The molecule has 0 spiro atoms. The molecule has 2 rings (SSSR count). The third-order valence-electron chi connectivity index (χ3n) is 5.38. The van der Waals surface area contributed by atoms with Gasteiger partial charge in [0.2, 0.25) is 0 Å². The minimum absolute atomic E-state index is 0.0460. The van der Waals surface area contributed by atoms with Crippen molar-refractivity contribution in [2.75, 3.05) is 31.9 Å². The highest BCUT2D eigenvalue weighted by atomic mass is 31.2. The van der Waals surface area contributed by atoms with Crippen LogP contribution in [-0.2, 0) is 24.4 Å². The fourth-order valence-electron chi connectivity index (χ4n) is 3.68. The zero-order valence-electron chi connectivity index (χ0n) is 21.5. The molecule has 0 unspecified atom stereocenters. The standard InChI is InChI=1S/C26H40NO5P/c1-10-31-33(29,32-11-2)17-27-23-13-12-19(30-9)16-20(23)18-14-21(25(3,4)5)24(28)22(15-18)26(6,7)8/h12-16,27-28H,10-11,17H2,1-9H3. The summed E-state index contributed by atoms with van der Waals surface area (Å²) >= 11 is 0. The van der Waals surface area contributed by atoms with E-state index in [0.29, 0.717) is 24.7 Å². The van der Waals surface area contributed by atoms with Gasteiger partial charge in [0, 0.05) is 22.4 Å². The van der Waals surface area contributed by atoms with Crippen LogP contribution in [0.5, 0.6) is 11.5 Å². The average molecular weight is 478 g/mol. The molecule has 0 atom stereocenters. The zero-order valence-corrected chi connectivity index (χ0v) is 22.4. The summed E-state index contributed by atoms with van der Waals surface area (Å²) in [6, 6.07) is 9.74. The molecule has 2 aromatic carbocycles. The summed E-state index contributed by atoms with van der Waals surface area (Å²) < 4.78 is 29.4. The summed E-state index contributed by atoms with van der Waals surface area (Å²) in [7, 11) is -1.65. The second-order valence-electron chi connectivity index (χ2n) is 10.1. The van der Waals surface area contributed by atoms with Crippen molar-refractivity contribution in [3.63, 3.8) is 0 Å².